The highest BCUT2D eigenvalue weighted by atomic mass is 32.1. The van der Waals surface area contributed by atoms with Crippen molar-refractivity contribution in [3.8, 4) is 0 Å². The summed E-state index contributed by atoms with van der Waals surface area (Å²) in [4.78, 5) is 28.8. The Morgan fingerprint density at radius 3 is 2.24 bits per heavy atom. The molecule has 2 aromatic heterocycles. The van der Waals surface area contributed by atoms with Crippen LogP contribution in [-0.2, 0) is 6.67 Å². The van der Waals surface area contributed by atoms with Crippen LogP contribution in [0, 0.1) is 0 Å². The Kier molecular flexibility index (Phi) is 3.74. The van der Waals surface area contributed by atoms with Gasteiger partial charge in [-0.05, 0) is 35.0 Å². The van der Waals surface area contributed by atoms with Crippen LogP contribution in [0.25, 0.3) is 41.7 Å². The van der Waals surface area contributed by atoms with Gasteiger partial charge in [0.25, 0.3) is 11.1 Å². The zero-order valence-corrected chi connectivity index (χ0v) is 16.6. The average Bonchev–Trinajstić information content (AvgIpc) is 2.77. The largest absolute Gasteiger partial charge is 0.314 e. The molecule has 1 saturated heterocycles. The van der Waals surface area contributed by atoms with Crippen LogP contribution in [0.5, 0.6) is 0 Å². The van der Waals surface area contributed by atoms with Gasteiger partial charge in [-0.2, -0.15) is 0 Å². The number of piperazine rings is 1. The fraction of sp³-hybridized carbons (Fsp3) is 0.217. The van der Waals surface area contributed by atoms with Crippen molar-refractivity contribution in [3.63, 3.8) is 0 Å². The first-order valence-electron chi connectivity index (χ1n) is 9.88. The molecular formula is C23H19N3O2S. The SMILES string of the molecule is O=c1c2ccc3sc4ccccc4c4ccc(c(=O)n1CN1CCNCC1)c2c34. The van der Waals surface area contributed by atoms with Crippen molar-refractivity contribution in [2.24, 2.45) is 0 Å². The van der Waals surface area contributed by atoms with Crippen LogP contribution in [0.15, 0.2) is 58.1 Å². The minimum absolute atomic E-state index is 0.186. The van der Waals surface area contributed by atoms with Gasteiger partial charge in [0.05, 0.1) is 6.67 Å². The predicted molar refractivity (Wildman–Crippen MR) is 121 cm³/mol. The van der Waals surface area contributed by atoms with E-state index in [2.05, 4.69) is 22.3 Å². The van der Waals surface area contributed by atoms with Gasteiger partial charge in [-0.15, -0.1) is 11.3 Å². The molecule has 0 saturated carbocycles. The maximum atomic E-state index is 13.3. The summed E-state index contributed by atoms with van der Waals surface area (Å²) < 4.78 is 3.72. The van der Waals surface area contributed by atoms with Gasteiger partial charge in [0.1, 0.15) is 0 Å². The predicted octanol–water partition coefficient (Wildman–Crippen LogP) is 3.18. The lowest BCUT2D eigenvalue weighted by atomic mass is 9.98. The van der Waals surface area contributed by atoms with Gasteiger partial charge in [0.15, 0.2) is 0 Å². The normalized spacial score (nSPS) is 15.9. The number of benzene rings is 3. The highest BCUT2D eigenvalue weighted by Gasteiger charge is 2.19. The van der Waals surface area contributed by atoms with Crippen molar-refractivity contribution in [2.75, 3.05) is 26.2 Å². The summed E-state index contributed by atoms with van der Waals surface area (Å²) >= 11 is 1.71. The van der Waals surface area contributed by atoms with Gasteiger partial charge in [-0.25, -0.2) is 0 Å². The lowest BCUT2D eigenvalue weighted by Crippen LogP contribution is -2.47. The van der Waals surface area contributed by atoms with Crippen LogP contribution in [0.1, 0.15) is 0 Å². The second-order valence-corrected chi connectivity index (χ2v) is 8.75. The summed E-state index contributed by atoms with van der Waals surface area (Å²) in [6, 6.07) is 16.2. The Labute approximate surface area is 170 Å². The molecule has 29 heavy (non-hydrogen) atoms. The summed E-state index contributed by atoms with van der Waals surface area (Å²) in [6.07, 6.45) is 0. The molecule has 1 fully saturated rings. The molecular weight excluding hydrogens is 382 g/mol. The van der Waals surface area contributed by atoms with E-state index in [0.29, 0.717) is 17.4 Å². The molecule has 144 valence electrons. The Morgan fingerprint density at radius 2 is 1.45 bits per heavy atom. The topological polar surface area (TPSA) is 54.3 Å². The van der Waals surface area contributed by atoms with Crippen molar-refractivity contribution in [2.45, 2.75) is 6.67 Å². The van der Waals surface area contributed by atoms with Gasteiger partial charge in [0, 0.05) is 57.1 Å². The molecule has 0 bridgehead atoms. The van der Waals surface area contributed by atoms with Crippen molar-refractivity contribution in [1.82, 2.24) is 14.8 Å². The lowest BCUT2D eigenvalue weighted by Gasteiger charge is -2.27. The molecule has 3 aromatic carbocycles. The summed E-state index contributed by atoms with van der Waals surface area (Å²) in [5, 5.41) is 8.69. The van der Waals surface area contributed by atoms with Gasteiger partial charge in [-0.1, -0.05) is 24.3 Å². The van der Waals surface area contributed by atoms with Crippen LogP contribution in [0.4, 0.5) is 0 Å². The maximum absolute atomic E-state index is 13.3. The molecule has 1 N–H and O–H groups in total. The third kappa shape index (κ3) is 2.46. The molecule has 5 nitrogen and oxygen atoms in total. The molecule has 0 aliphatic carbocycles. The Bertz CT molecular complexity index is 1480. The van der Waals surface area contributed by atoms with Crippen molar-refractivity contribution in [3.05, 3.63) is 69.2 Å². The number of fused-ring (bicyclic) bond motifs is 2. The van der Waals surface area contributed by atoms with Crippen LogP contribution in [-0.4, -0.2) is 35.6 Å². The molecule has 0 unspecified atom stereocenters. The quantitative estimate of drug-likeness (QED) is 0.365. The third-order valence-corrected chi connectivity index (χ3v) is 7.16. The van der Waals surface area contributed by atoms with Crippen LogP contribution in [0.3, 0.4) is 0 Å². The first-order valence-corrected chi connectivity index (χ1v) is 10.7. The minimum Gasteiger partial charge on any atom is -0.314 e. The van der Waals surface area contributed by atoms with E-state index in [0.717, 1.165) is 52.4 Å². The van der Waals surface area contributed by atoms with E-state index in [9.17, 15) is 9.59 Å². The first-order chi connectivity index (χ1) is 14.2. The Morgan fingerprint density at radius 1 is 0.759 bits per heavy atom. The van der Waals surface area contributed by atoms with E-state index in [1.54, 1.807) is 11.3 Å². The molecule has 0 spiro atoms. The molecule has 0 amide bonds. The molecule has 3 heterocycles. The first kappa shape index (κ1) is 17.1. The molecule has 6 heteroatoms. The molecule has 0 radical (unpaired) electrons. The smallest absolute Gasteiger partial charge is 0.262 e. The molecule has 5 aromatic rings. The lowest BCUT2D eigenvalue weighted by molar-refractivity contribution is 0.189. The van der Waals surface area contributed by atoms with Crippen molar-refractivity contribution < 1.29 is 0 Å². The van der Waals surface area contributed by atoms with E-state index in [1.165, 1.54) is 9.27 Å². The minimum atomic E-state index is -0.186. The van der Waals surface area contributed by atoms with E-state index in [1.807, 2.05) is 36.4 Å². The Balaban J connectivity index is 1.70. The van der Waals surface area contributed by atoms with E-state index < -0.39 is 0 Å². The third-order valence-electron chi connectivity index (χ3n) is 6.02. The number of pyridine rings is 1. The second-order valence-electron chi connectivity index (χ2n) is 7.67. The van der Waals surface area contributed by atoms with Crippen molar-refractivity contribution >= 4 is 53.1 Å². The molecule has 1 aliphatic heterocycles. The number of nitrogens with zero attached hydrogens (tertiary/aromatic N) is 2. The monoisotopic (exact) mass is 401 g/mol. The van der Waals surface area contributed by atoms with Gasteiger partial charge in [0.2, 0.25) is 0 Å². The molecule has 6 rings (SSSR count). The highest BCUT2D eigenvalue weighted by Crippen LogP contribution is 2.39. The van der Waals surface area contributed by atoms with Gasteiger partial charge in [-0.3, -0.25) is 19.1 Å². The second kappa shape index (κ2) is 6.35. The standard InChI is InChI=1S/C23H19N3O2S/c27-22-16-6-5-15-14-3-1-2-4-18(14)29-19-8-7-17(20(16)21(15)19)23(28)26(22)13-25-11-9-24-10-12-25/h1-8,24H,9-13H2. The number of rotatable bonds is 2. The average molecular weight is 401 g/mol. The molecule has 1 aliphatic rings. The highest BCUT2D eigenvalue weighted by molar-refractivity contribution is 7.25. The number of hydrogen-bond donors (Lipinski definition) is 1. The number of aromatic nitrogens is 1. The fourth-order valence-corrected chi connectivity index (χ4v) is 5.71. The molecule has 0 atom stereocenters. The van der Waals surface area contributed by atoms with Crippen LogP contribution < -0.4 is 16.4 Å². The van der Waals surface area contributed by atoms with Crippen LogP contribution in [0.2, 0.25) is 0 Å². The number of hydrogen-bond acceptors (Lipinski definition) is 5. The summed E-state index contributed by atoms with van der Waals surface area (Å²) in [5.74, 6) is 0. The fourth-order valence-electron chi connectivity index (χ4n) is 4.59. The van der Waals surface area contributed by atoms with Crippen LogP contribution >= 0.6 is 11.3 Å². The zero-order chi connectivity index (χ0) is 19.5. The summed E-state index contributed by atoms with van der Waals surface area (Å²) in [6.45, 7) is 3.79. The number of nitrogens with one attached hydrogen (secondary N) is 1. The maximum Gasteiger partial charge on any atom is 0.262 e. The van der Waals surface area contributed by atoms with Gasteiger partial charge >= 0.3 is 0 Å². The van der Waals surface area contributed by atoms with Crippen molar-refractivity contribution in [1.29, 1.82) is 0 Å². The summed E-state index contributed by atoms with van der Waals surface area (Å²) in [7, 11) is 0. The Hall–Kier alpha value is -2.80. The van der Waals surface area contributed by atoms with Gasteiger partial charge < -0.3 is 5.32 Å². The van der Waals surface area contributed by atoms with E-state index in [-0.39, 0.29) is 11.1 Å². The zero-order valence-electron chi connectivity index (χ0n) is 15.8. The van der Waals surface area contributed by atoms with E-state index in [4.69, 9.17) is 0 Å². The van der Waals surface area contributed by atoms with E-state index >= 15 is 0 Å². The summed E-state index contributed by atoms with van der Waals surface area (Å²) in [5.41, 5.74) is -0.373.